The minimum Gasteiger partial charge on any atom is -0.507 e. The third kappa shape index (κ3) is 4.45. The number of anilines is 1. The SMILES string of the molecule is CCOc1ccc(C2/C(=C(\O)c3cc(OC)ccc3OC)C(=O)C(=O)N2c2cccc(C)c2)cc1. The lowest BCUT2D eigenvalue weighted by Crippen LogP contribution is -2.29. The molecule has 0 aliphatic carbocycles. The summed E-state index contributed by atoms with van der Waals surface area (Å²) in [6, 6.07) is 18.5. The molecule has 1 aliphatic heterocycles. The first-order valence-electron chi connectivity index (χ1n) is 11.2. The Hall–Kier alpha value is -4.26. The molecule has 35 heavy (non-hydrogen) atoms. The number of methoxy groups -OCH3 is 2. The lowest BCUT2D eigenvalue weighted by atomic mass is 9.94. The second-order valence-corrected chi connectivity index (χ2v) is 8.08. The number of ketones is 1. The third-order valence-electron chi connectivity index (χ3n) is 5.89. The molecule has 1 amide bonds. The summed E-state index contributed by atoms with van der Waals surface area (Å²) >= 11 is 0. The highest BCUT2D eigenvalue weighted by Crippen LogP contribution is 2.44. The van der Waals surface area contributed by atoms with E-state index in [1.54, 1.807) is 48.5 Å². The van der Waals surface area contributed by atoms with Crippen LogP contribution in [0.3, 0.4) is 0 Å². The van der Waals surface area contributed by atoms with Crippen LogP contribution in [0.5, 0.6) is 17.2 Å². The number of carbonyl (C=O) groups is 2. The van der Waals surface area contributed by atoms with Crippen molar-refractivity contribution in [3.63, 3.8) is 0 Å². The molecular weight excluding hydrogens is 446 g/mol. The number of aryl methyl sites for hydroxylation is 1. The first kappa shape index (κ1) is 23.9. The molecule has 1 aliphatic rings. The van der Waals surface area contributed by atoms with E-state index in [4.69, 9.17) is 14.2 Å². The minimum atomic E-state index is -0.858. The zero-order valence-electron chi connectivity index (χ0n) is 20.1. The van der Waals surface area contributed by atoms with Crippen LogP contribution < -0.4 is 19.1 Å². The molecule has 180 valence electrons. The number of ether oxygens (including phenoxy) is 3. The Kier molecular flexibility index (Phi) is 6.78. The van der Waals surface area contributed by atoms with Gasteiger partial charge in [0.05, 0.1) is 38.0 Å². The van der Waals surface area contributed by atoms with E-state index in [2.05, 4.69) is 0 Å². The highest BCUT2D eigenvalue weighted by molar-refractivity contribution is 6.51. The molecule has 0 radical (unpaired) electrons. The van der Waals surface area contributed by atoms with E-state index < -0.39 is 17.7 Å². The van der Waals surface area contributed by atoms with E-state index in [9.17, 15) is 14.7 Å². The number of nitrogens with zero attached hydrogens (tertiary/aromatic N) is 1. The van der Waals surface area contributed by atoms with Gasteiger partial charge in [-0.1, -0.05) is 24.3 Å². The second-order valence-electron chi connectivity index (χ2n) is 8.08. The number of aliphatic hydroxyl groups excluding tert-OH is 1. The smallest absolute Gasteiger partial charge is 0.300 e. The van der Waals surface area contributed by atoms with Crippen molar-refractivity contribution >= 4 is 23.1 Å². The van der Waals surface area contributed by atoms with Gasteiger partial charge in [-0.2, -0.15) is 0 Å². The highest BCUT2D eigenvalue weighted by Gasteiger charge is 2.47. The Balaban J connectivity index is 1.96. The molecule has 0 bridgehead atoms. The molecule has 0 spiro atoms. The predicted molar refractivity (Wildman–Crippen MR) is 133 cm³/mol. The van der Waals surface area contributed by atoms with Crippen molar-refractivity contribution in [2.45, 2.75) is 19.9 Å². The van der Waals surface area contributed by atoms with Crippen LogP contribution in [0.25, 0.3) is 5.76 Å². The Bertz CT molecular complexity index is 1300. The van der Waals surface area contributed by atoms with Gasteiger partial charge in [-0.3, -0.25) is 14.5 Å². The number of carbonyl (C=O) groups excluding carboxylic acids is 2. The van der Waals surface area contributed by atoms with Crippen molar-refractivity contribution in [3.8, 4) is 17.2 Å². The molecule has 0 aromatic heterocycles. The third-order valence-corrected chi connectivity index (χ3v) is 5.89. The summed E-state index contributed by atoms with van der Waals surface area (Å²) < 4.78 is 16.3. The van der Waals surface area contributed by atoms with Crippen LogP contribution in [0.4, 0.5) is 5.69 Å². The van der Waals surface area contributed by atoms with Crippen molar-refractivity contribution in [1.29, 1.82) is 0 Å². The molecule has 1 N–H and O–H groups in total. The van der Waals surface area contributed by atoms with E-state index in [-0.39, 0.29) is 16.9 Å². The topological polar surface area (TPSA) is 85.3 Å². The van der Waals surface area contributed by atoms with Gasteiger partial charge in [0.25, 0.3) is 11.7 Å². The largest absolute Gasteiger partial charge is 0.507 e. The monoisotopic (exact) mass is 473 g/mol. The fourth-order valence-electron chi connectivity index (χ4n) is 4.25. The average Bonchev–Trinajstić information content (AvgIpc) is 3.14. The van der Waals surface area contributed by atoms with Crippen LogP contribution >= 0.6 is 0 Å². The first-order valence-corrected chi connectivity index (χ1v) is 11.2. The van der Waals surface area contributed by atoms with Crippen LogP contribution in [0.15, 0.2) is 72.3 Å². The molecule has 1 fully saturated rings. The molecule has 1 unspecified atom stereocenters. The van der Waals surface area contributed by atoms with Crippen LogP contribution in [-0.4, -0.2) is 37.6 Å². The molecule has 7 nitrogen and oxygen atoms in total. The zero-order valence-corrected chi connectivity index (χ0v) is 20.1. The quantitative estimate of drug-likeness (QED) is 0.294. The van der Waals surface area contributed by atoms with Gasteiger partial charge in [-0.05, 0) is 67.4 Å². The predicted octanol–water partition coefficient (Wildman–Crippen LogP) is 5.04. The Labute approximate surface area is 204 Å². The summed E-state index contributed by atoms with van der Waals surface area (Å²) in [6.07, 6.45) is 0. The van der Waals surface area contributed by atoms with Gasteiger partial charge in [-0.25, -0.2) is 0 Å². The standard InChI is InChI=1S/C28H27NO6/c1-5-35-20-11-9-18(10-12-20)25-24(26(30)22-16-21(33-3)13-14-23(22)34-4)27(31)28(32)29(25)19-8-6-7-17(2)15-19/h6-16,25,30H,5H2,1-4H3/b26-24+. The Morgan fingerprint density at radius 1 is 0.943 bits per heavy atom. The molecule has 1 atom stereocenters. The average molecular weight is 474 g/mol. The van der Waals surface area contributed by atoms with Crippen LogP contribution in [0.1, 0.15) is 29.7 Å². The molecule has 3 aromatic rings. The van der Waals surface area contributed by atoms with Crippen molar-refractivity contribution in [3.05, 3.63) is 89.0 Å². The van der Waals surface area contributed by atoms with Gasteiger partial charge in [0.1, 0.15) is 23.0 Å². The number of hydrogen-bond acceptors (Lipinski definition) is 6. The van der Waals surface area contributed by atoms with Crippen molar-refractivity contribution in [1.82, 2.24) is 0 Å². The normalized spacial score (nSPS) is 16.9. The van der Waals surface area contributed by atoms with Crippen LogP contribution in [-0.2, 0) is 9.59 Å². The Morgan fingerprint density at radius 3 is 2.29 bits per heavy atom. The van der Waals surface area contributed by atoms with Crippen molar-refractivity contribution < 1.29 is 28.9 Å². The number of rotatable bonds is 7. The van der Waals surface area contributed by atoms with Gasteiger partial charge >= 0.3 is 0 Å². The van der Waals surface area contributed by atoms with E-state index in [1.807, 2.05) is 32.0 Å². The van der Waals surface area contributed by atoms with Gasteiger partial charge in [-0.15, -0.1) is 0 Å². The van der Waals surface area contributed by atoms with E-state index in [1.165, 1.54) is 19.1 Å². The highest BCUT2D eigenvalue weighted by atomic mass is 16.5. The van der Waals surface area contributed by atoms with Gasteiger partial charge in [0, 0.05) is 5.69 Å². The summed E-state index contributed by atoms with van der Waals surface area (Å²) in [5, 5.41) is 11.4. The summed E-state index contributed by atoms with van der Waals surface area (Å²) in [7, 11) is 2.97. The number of aliphatic hydroxyl groups is 1. The van der Waals surface area contributed by atoms with E-state index >= 15 is 0 Å². The van der Waals surface area contributed by atoms with Gasteiger partial charge in [0.15, 0.2) is 0 Å². The number of benzene rings is 3. The molecule has 7 heteroatoms. The summed E-state index contributed by atoms with van der Waals surface area (Å²) in [5.41, 5.74) is 2.36. The van der Waals surface area contributed by atoms with Crippen molar-refractivity contribution in [2.75, 3.05) is 25.7 Å². The van der Waals surface area contributed by atoms with Gasteiger partial charge in [0.2, 0.25) is 0 Å². The van der Waals surface area contributed by atoms with Gasteiger partial charge < -0.3 is 19.3 Å². The number of hydrogen-bond donors (Lipinski definition) is 1. The fourth-order valence-corrected chi connectivity index (χ4v) is 4.25. The summed E-state index contributed by atoms with van der Waals surface area (Å²) in [5.74, 6) is -0.370. The second kappa shape index (κ2) is 9.93. The lowest BCUT2D eigenvalue weighted by molar-refractivity contribution is -0.132. The maximum Gasteiger partial charge on any atom is 0.300 e. The molecule has 1 saturated heterocycles. The number of Topliss-reactive ketones (excluding diaryl/α,β-unsaturated/α-hetero) is 1. The van der Waals surface area contributed by atoms with E-state index in [0.717, 1.165) is 5.56 Å². The zero-order chi connectivity index (χ0) is 25.1. The number of amides is 1. The fraction of sp³-hybridized carbons (Fsp3) is 0.214. The van der Waals surface area contributed by atoms with Crippen LogP contribution in [0, 0.1) is 6.92 Å². The lowest BCUT2D eigenvalue weighted by Gasteiger charge is -2.26. The molecule has 3 aromatic carbocycles. The molecule has 1 heterocycles. The van der Waals surface area contributed by atoms with Crippen molar-refractivity contribution in [2.24, 2.45) is 0 Å². The minimum absolute atomic E-state index is 0.0350. The molecule has 0 saturated carbocycles. The van der Waals surface area contributed by atoms with E-state index in [0.29, 0.717) is 35.1 Å². The summed E-state index contributed by atoms with van der Waals surface area (Å²) in [4.78, 5) is 28.2. The molecule has 4 rings (SSSR count). The summed E-state index contributed by atoms with van der Waals surface area (Å²) in [6.45, 7) is 4.31. The maximum absolute atomic E-state index is 13.4. The first-order chi connectivity index (χ1) is 16.9. The Morgan fingerprint density at radius 2 is 1.66 bits per heavy atom. The maximum atomic E-state index is 13.4. The van der Waals surface area contributed by atoms with Crippen LogP contribution in [0.2, 0.25) is 0 Å². The molecular formula is C28H27NO6.